The number of hydrogen-bond donors (Lipinski definition) is 0. The summed E-state index contributed by atoms with van der Waals surface area (Å²) in [6.07, 6.45) is 0. The van der Waals surface area contributed by atoms with Crippen molar-refractivity contribution in [2.24, 2.45) is 0 Å². The minimum absolute atomic E-state index is 0.0852. The van der Waals surface area contributed by atoms with Gasteiger partial charge in [0.25, 0.3) is 0 Å². The molecule has 0 bridgehead atoms. The molecule has 1 aromatic carbocycles. The lowest BCUT2D eigenvalue weighted by atomic mass is 10.3. The Morgan fingerprint density at radius 2 is 1.70 bits per heavy atom. The van der Waals surface area contributed by atoms with Crippen molar-refractivity contribution in [2.45, 2.75) is 18.7 Å². The Kier molecular flexibility index (Phi) is 5.59. The molecule has 0 saturated carbocycles. The minimum Gasteiger partial charge on any atom is -0.325 e. The van der Waals surface area contributed by atoms with Gasteiger partial charge in [-0.05, 0) is 26.0 Å². The first kappa shape index (κ1) is 17.7. The molecule has 2 rings (SSSR count). The van der Waals surface area contributed by atoms with E-state index in [4.69, 9.17) is 0 Å². The van der Waals surface area contributed by atoms with Crippen LogP contribution >= 0.6 is 0 Å². The van der Waals surface area contributed by atoms with Crippen molar-refractivity contribution in [3.05, 3.63) is 30.1 Å². The van der Waals surface area contributed by atoms with E-state index in [0.29, 0.717) is 26.2 Å². The number of piperazine rings is 1. The molecule has 6 nitrogen and oxygen atoms in total. The van der Waals surface area contributed by atoms with Crippen LogP contribution in [-0.4, -0.2) is 67.8 Å². The molecular weight excluding hydrogens is 321 g/mol. The molecule has 1 heterocycles. The monoisotopic (exact) mass is 343 g/mol. The first-order chi connectivity index (χ1) is 10.9. The Hall–Kier alpha value is -1.67. The molecule has 0 radical (unpaired) electrons. The maximum atomic E-state index is 13.8. The van der Waals surface area contributed by atoms with Crippen molar-refractivity contribution >= 4 is 16.1 Å². The summed E-state index contributed by atoms with van der Waals surface area (Å²) < 4.78 is 40.0. The number of halogens is 1. The highest BCUT2D eigenvalue weighted by atomic mass is 32.2. The fourth-order valence-electron chi connectivity index (χ4n) is 2.61. The maximum Gasteiger partial charge on any atom is 0.320 e. The lowest BCUT2D eigenvalue weighted by Crippen LogP contribution is -2.54. The molecule has 23 heavy (non-hydrogen) atoms. The van der Waals surface area contributed by atoms with Crippen molar-refractivity contribution < 1.29 is 17.6 Å². The maximum absolute atomic E-state index is 13.8. The zero-order chi connectivity index (χ0) is 17.0. The summed E-state index contributed by atoms with van der Waals surface area (Å²) in [6.45, 7) is 5.99. The van der Waals surface area contributed by atoms with Gasteiger partial charge in [0, 0.05) is 39.3 Å². The summed E-state index contributed by atoms with van der Waals surface area (Å²) in [5.41, 5.74) is 0. The Morgan fingerprint density at radius 3 is 2.22 bits per heavy atom. The van der Waals surface area contributed by atoms with Crippen molar-refractivity contribution in [3.8, 4) is 0 Å². The van der Waals surface area contributed by atoms with E-state index in [-0.39, 0.29) is 24.0 Å². The van der Waals surface area contributed by atoms with E-state index < -0.39 is 15.8 Å². The Bertz CT molecular complexity index is 654. The van der Waals surface area contributed by atoms with Crippen molar-refractivity contribution in [2.75, 3.05) is 39.3 Å². The van der Waals surface area contributed by atoms with Gasteiger partial charge in [-0.1, -0.05) is 12.1 Å². The van der Waals surface area contributed by atoms with Gasteiger partial charge in [-0.25, -0.2) is 17.6 Å². The van der Waals surface area contributed by atoms with Gasteiger partial charge in [-0.3, -0.25) is 0 Å². The molecule has 0 unspecified atom stereocenters. The van der Waals surface area contributed by atoms with Crippen molar-refractivity contribution in [3.63, 3.8) is 0 Å². The second-order valence-corrected chi connectivity index (χ2v) is 7.18. The van der Waals surface area contributed by atoms with Crippen LogP contribution in [0.15, 0.2) is 29.2 Å². The molecule has 0 aromatic heterocycles. The second-order valence-electron chi connectivity index (χ2n) is 5.28. The van der Waals surface area contributed by atoms with Crippen LogP contribution in [0.3, 0.4) is 0 Å². The molecule has 1 saturated heterocycles. The largest absolute Gasteiger partial charge is 0.325 e. The van der Waals surface area contributed by atoms with Crippen molar-refractivity contribution in [1.29, 1.82) is 0 Å². The number of amides is 2. The third kappa shape index (κ3) is 3.64. The summed E-state index contributed by atoms with van der Waals surface area (Å²) >= 11 is 0. The van der Waals surface area contributed by atoms with Crippen LogP contribution in [0.25, 0.3) is 0 Å². The Labute approximate surface area is 136 Å². The lowest BCUT2D eigenvalue weighted by molar-refractivity contribution is 0.138. The predicted octanol–water partition coefficient (Wildman–Crippen LogP) is 1.59. The topological polar surface area (TPSA) is 60.9 Å². The van der Waals surface area contributed by atoms with Crippen LogP contribution in [-0.2, 0) is 10.0 Å². The average Bonchev–Trinajstić information content (AvgIpc) is 2.56. The number of carbonyl (C=O) groups excluding carboxylic acids is 1. The lowest BCUT2D eigenvalue weighted by Gasteiger charge is -2.36. The summed E-state index contributed by atoms with van der Waals surface area (Å²) in [6, 6.07) is 5.26. The van der Waals surface area contributed by atoms with Gasteiger partial charge in [0.05, 0.1) is 0 Å². The number of nitrogens with zero attached hydrogens (tertiary/aromatic N) is 3. The third-order valence-electron chi connectivity index (χ3n) is 4.00. The number of rotatable bonds is 4. The summed E-state index contributed by atoms with van der Waals surface area (Å²) in [4.78, 5) is 15.3. The molecule has 1 aliphatic rings. The third-order valence-corrected chi connectivity index (χ3v) is 5.93. The molecular formula is C15H22FN3O3S. The predicted molar refractivity (Wildman–Crippen MR) is 85.0 cm³/mol. The highest BCUT2D eigenvalue weighted by molar-refractivity contribution is 7.89. The number of carbonyl (C=O) groups is 1. The van der Waals surface area contributed by atoms with E-state index in [1.54, 1.807) is 9.80 Å². The van der Waals surface area contributed by atoms with Crippen LogP contribution in [0.1, 0.15) is 13.8 Å². The smallest absolute Gasteiger partial charge is 0.320 e. The van der Waals surface area contributed by atoms with Gasteiger partial charge >= 0.3 is 6.03 Å². The number of hydrogen-bond acceptors (Lipinski definition) is 3. The van der Waals surface area contributed by atoms with Crippen LogP contribution < -0.4 is 0 Å². The van der Waals surface area contributed by atoms with Gasteiger partial charge in [0.2, 0.25) is 10.0 Å². The molecule has 0 aliphatic carbocycles. The molecule has 1 aromatic rings. The van der Waals surface area contributed by atoms with E-state index in [9.17, 15) is 17.6 Å². The summed E-state index contributed by atoms with van der Waals surface area (Å²) in [5, 5.41) is 0. The minimum atomic E-state index is -3.87. The standard InChI is InChI=1S/C15H22FN3O3S/c1-3-17(4-2)15(20)18-9-11-19(12-10-18)23(21,22)14-8-6-5-7-13(14)16/h5-8H,3-4,9-12H2,1-2H3. The Morgan fingerprint density at radius 1 is 1.13 bits per heavy atom. The fraction of sp³-hybridized carbons (Fsp3) is 0.533. The van der Waals surface area contributed by atoms with Gasteiger partial charge < -0.3 is 9.80 Å². The average molecular weight is 343 g/mol. The van der Waals surface area contributed by atoms with Crippen LogP contribution in [0.4, 0.5) is 9.18 Å². The zero-order valence-corrected chi connectivity index (χ0v) is 14.2. The Balaban J connectivity index is 2.07. The van der Waals surface area contributed by atoms with E-state index >= 15 is 0 Å². The molecule has 0 spiro atoms. The molecule has 8 heteroatoms. The molecule has 1 aliphatic heterocycles. The normalized spacial score (nSPS) is 16.4. The van der Waals surface area contributed by atoms with Gasteiger partial charge in [-0.15, -0.1) is 0 Å². The molecule has 128 valence electrons. The highest BCUT2D eigenvalue weighted by Gasteiger charge is 2.32. The van der Waals surface area contributed by atoms with Gasteiger partial charge in [0.15, 0.2) is 0 Å². The second kappa shape index (κ2) is 7.27. The first-order valence-corrected chi connectivity index (χ1v) is 9.14. The number of urea groups is 1. The van der Waals surface area contributed by atoms with Crippen molar-refractivity contribution in [1.82, 2.24) is 14.1 Å². The molecule has 0 atom stereocenters. The molecule has 2 amide bonds. The van der Waals surface area contributed by atoms with Crippen LogP contribution in [0.2, 0.25) is 0 Å². The van der Waals surface area contributed by atoms with E-state index in [1.807, 2.05) is 13.8 Å². The van der Waals surface area contributed by atoms with E-state index in [1.165, 1.54) is 22.5 Å². The molecule has 0 N–H and O–H groups in total. The summed E-state index contributed by atoms with van der Waals surface area (Å²) in [7, 11) is -3.87. The zero-order valence-electron chi connectivity index (χ0n) is 13.4. The highest BCUT2D eigenvalue weighted by Crippen LogP contribution is 2.20. The number of sulfonamides is 1. The first-order valence-electron chi connectivity index (χ1n) is 7.70. The number of benzene rings is 1. The quantitative estimate of drug-likeness (QED) is 0.834. The van der Waals surface area contributed by atoms with E-state index in [0.717, 1.165) is 6.07 Å². The van der Waals surface area contributed by atoms with Crippen LogP contribution in [0.5, 0.6) is 0 Å². The van der Waals surface area contributed by atoms with Gasteiger partial charge in [0.1, 0.15) is 10.7 Å². The molecule has 1 fully saturated rings. The summed E-state index contributed by atoms with van der Waals surface area (Å²) in [5.74, 6) is -0.755. The fourth-order valence-corrected chi connectivity index (χ4v) is 4.09. The van der Waals surface area contributed by atoms with E-state index in [2.05, 4.69) is 0 Å². The SMILES string of the molecule is CCN(CC)C(=O)N1CCN(S(=O)(=O)c2ccccc2F)CC1. The van der Waals surface area contributed by atoms with Gasteiger partial charge in [-0.2, -0.15) is 4.31 Å². The van der Waals surface area contributed by atoms with Crippen LogP contribution in [0, 0.1) is 5.82 Å².